The number of rotatable bonds is 7. The molecule has 0 saturated heterocycles. The molecule has 96 valence electrons. The Balaban J connectivity index is 2.06. The molecule has 2 unspecified atom stereocenters. The minimum atomic E-state index is 0.771. The van der Waals surface area contributed by atoms with Gasteiger partial charge in [-0.05, 0) is 56.5 Å². The average Bonchev–Trinajstić information content (AvgIpc) is 2.29. The smallest absolute Gasteiger partial charge is 0.0254 e. The van der Waals surface area contributed by atoms with E-state index in [0.717, 1.165) is 23.6 Å². The van der Waals surface area contributed by atoms with E-state index < -0.39 is 0 Å². The van der Waals surface area contributed by atoms with E-state index in [4.69, 9.17) is 11.6 Å². The third kappa shape index (κ3) is 5.54. The second-order valence-electron chi connectivity index (χ2n) is 5.70. The van der Waals surface area contributed by atoms with Gasteiger partial charge in [-0.3, -0.25) is 0 Å². The first-order valence-electron chi connectivity index (χ1n) is 7.00. The maximum Gasteiger partial charge on any atom is 0.0254 e. The van der Waals surface area contributed by atoms with Crippen LogP contribution in [0.2, 0.25) is 0 Å². The van der Waals surface area contributed by atoms with Crippen LogP contribution in [0, 0.1) is 17.8 Å². The van der Waals surface area contributed by atoms with Gasteiger partial charge in [-0.2, -0.15) is 0 Å². The number of hydrogen-bond donors (Lipinski definition) is 1. The fourth-order valence-corrected chi connectivity index (χ4v) is 3.09. The fraction of sp³-hybridized carbons (Fsp3) is 1.00. The van der Waals surface area contributed by atoms with Crippen molar-refractivity contribution in [2.24, 2.45) is 17.8 Å². The van der Waals surface area contributed by atoms with E-state index in [-0.39, 0.29) is 0 Å². The molecule has 0 aromatic rings. The predicted octanol–water partition coefficient (Wildman–Crippen LogP) is 4.06. The van der Waals surface area contributed by atoms with Crippen molar-refractivity contribution in [3.63, 3.8) is 0 Å². The summed E-state index contributed by atoms with van der Waals surface area (Å²) in [5.41, 5.74) is 0. The number of halogens is 1. The van der Waals surface area contributed by atoms with E-state index in [2.05, 4.69) is 19.2 Å². The molecular weight excluding hydrogens is 218 g/mol. The molecule has 0 bridgehead atoms. The summed E-state index contributed by atoms with van der Waals surface area (Å²) < 4.78 is 0. The maximum absolute atomic E-state index is 6.03. The van der Waals surface area contributed by atoms with E-state index in [1.165, 1.54) is 51.6 Å². The summed E-state index contributed by atoms with van der Waals surface area (Å²) in [6, 6.07) is 0. The van der Waals surface area contributed by atoms with Crippen LogP contribution in [0.3, 0.4) is 0 Å². The van der Waals surface area contributed by atoms with Crippen molar-refractivity contribution in [3.05, 3.63) is 0 Å². The van der Waals surface area contributed by atoms with Gasteiger partial charge in [0.15, 0.2) is 0 Å². The van der Waals surface area contributed by atoms with Crippen LogP contribution in [0.4, 0.5) is 0 Å². The first-order valence-corrected chi connectivity index (χ1v) is 7.54. The second kappa shape index (κ2) is 8.36. The lowest BCUT2D eigenvalue weighted by Gasteiger charge is -2.30. The Morgan fingerprint density at radius 2 is 1.88 bits per heavy atom. The predicted molar refractivity (Wildman–Crippen MR) is 73.1 cm³/mol. The van der Waals surface area contributed by atoms with Crippen molar-refractivity contribution in [1.29, 1.82) is 0 Å². The van der Waals surface area contributed by atoms with Crippen LogP contribution in [-0.2, 0) is 0 Å². The zero-order valence-electron chi connectivity index (χ0n) is 11.0. The lowest BCUT2D eigenvalue weighted by atomic mass is 9.80. The minimum Gasteiger partial charge on any atom is -0.316 e. The van der Waals surface area contributed by atoms with Crippen LogP contribution in [0.1, 0.15) is 52.4 Å². The lowest BCUT2D eigenvalue weighted by Crippen LogP contribution is -2.32. The molecule has 2 atom stereocenters. The first-order chi connectivity index (χ1) is 7.74. The van der Waals surface area contributed by atoms with E-state index in [1.807, 2.05) is 0 Å². The van der Waals surface area contributed by atoms with Gasteiger partial charge in [0, 0.05) is 5.88 Å². The highest BCUT2D eigenvalue weighted by Crippen LogP contribution is 2.30. The molecule has 1 fully saturated rings. The molecular formula is C14H28ClN. The van der Waals surface area contributed by atoms with Crippen LogP contribution in [0.15, 0.2) is 0 Å². The summed E-state index contributed by atoms with van der Waals surface area (Å²) in [5, 5.41) is 3.62. The highest BCUT2D eigenvalue weighted by molar-refractivity contribution is 6.18. The maximum atomic E-state index is 6.03. The van der Waals surface area contributed by atoms with Gasteiger partial charge >= 0.3 is 0 Å². The Labute approximate surface area is 106 Å². The highest BCUT2D eigenvalue weighted by Gasteiger charge is 2.23. The van der Waals surface area contributed by atoms with E-state index in [1.54, 1.807) is 0 Å². The zero-order chi connectivity index (χ0) is 11.8. The van der Waals surface area contributed by atoms with E-state index >= 15 is 0 Å². The Bertz CT molecular complexity index is 170. The van der Waals surface area contributed by atoms with Gasteiger partial charge in [0.2, 0.25) is 0 Å². The Kier molecular flexibility index (Phi) is 7.47. The highest BCUT2D eigenvalue weighted by atomic mass is 35.5. The van der Waals surface area contributed by atoms with Crippen molar-refractivity contribution >= 4 is 11.6 Å². The summed E-state index contributed by atoms with van der Waals surface area (Å²) in [7, 11) is 0. The number of nitrogens with one attached hydrogen (secondary N) is 1. The molecule has 0 amide bonds. The Morgan fingerprint density at radius 1 is 1.19 bits per heavy atom. The molecule has 0 radical (unpaired) electrons. The molecule has 1 aliphatic carbocycles. The van der Waals surface area contributed by atoms with Crippen molar-refractivity contribution in [3.8, 4) is 0 Å². The molecule has 16 heavy (non-hydrogen) atoms. The zero-order valence-corrected chi connectivity index (χ0v) is 11.7. The van der Waals surface area contributed by atoms with E-state index in [9.17, 15) is 0 Å². The molecule has 0 spiro atoms. The number of hydrogen-bond acceptors (Lipinski definition) is 1. The fourth-order valence-electron chi connectivity index (χ4n) is 2.68. The largest absolute Gasteiger partial charge is 0.316 e. The average molecular weight is 246 g/mol. The summed E-state index contributed by atoms with van der Waals surface area (Å²) in [5.74, 6) is 3.31. The van der Waals surface area contributed by atoms with Crippen molar-refractivity contribution in [2.75, 3.05) is 19.0 Å². The minimum absolute atomic E-state index is 0.771. The molecule has 1 saturated carbocycles. The molecule has 2 heteroatoms. The molecule has 1 nitrogen and oxygen atoms in total. The molecule has 1 N–H and O–H groups in total. The monoisotopic (exact) mass is 245 g/mol. The summed E-state index contributed by atoms with van der Waals surface area (Å²) in [6.45, 7) is 6.97. The van der Waals surface area contributed by atoms with Crippen molar-refractivity contribution in [2.45, 2.75) is 52.4 Å². The Morgan fingerprint density at radius 3 is 2.50 bits per heavy atom. The standard InChI is InChI=1S/C14H28ClN/c1-12(2)6-5-9-16-11-14-8-4-3-7-13(14)10-15/h12-14,16H,3-11H2,1-2H3. The summed E-state index contributed by atoms with van der Waals surface area (Å²) >= 11 is 6.03. The van der Waals surface area contributed by atoms with Crippen LogP contribution < -0.4 is 5.32 Å². The normalized spacial score (nSPS) is 26.2. The molecule has 1 aliphatic rings. The van der Waals surface area contributed by atoms with E-state index in [0.29, 0.717) is 0 Å². The van der Waals surface area contributed by atoms with Gasteiger partial charge in [-0.25, -0.2) is 0 Å². The molecule has 0 aromatic heterocycles. The summed E-state index contributed by atoms with van der Waals surface area (Å²) in [4.78, 5) is 0. The third-order valence-corrected chi connectivity index (χ3v) is 4.20. The van der Waals surface area contributed by atoms with Crippen LogP contribution >= 0.6 is 11.6 Å². The van der Waals surface area contributed by atoms with Gasteiger partial charge < -0.3 is 5.32 Å². The van der Waals surface area contributed by atoms with Crippen LogP contribution in [0.5, 0.6) is 0 Å². The van der Waals surface area contributed by atoms with Gasteiger partial charge in [0.1, 0.15) is 0 Å². The topological polar surface area (TPSA) is 12.0 Å². The van der Waals surface area contributed by atoms with Gasteiger partial charge in [-0.15, -0.1) is 11.6 Å². The molecule has 1 rings (SSSR count). The van der Waals surface area contributed by atoms with Crippen LogP contribution in [0.25, 0.3) is 0 Å². The number of alkyl halides is 1. The van der Waals surface area contributed by atoms with Crippen LogP contribution in [-0.4, -0.2) is 19.0 Å². The molecule has 0 heterocycles. The first kappa shape index (κ1) is 14.3. The van der Waals surface area contributed by atoms with Crippen molar-refractivity contribution < 1.29 is 0 Å². The van der Waals surface area contributed by atoms with Gasteiger partial charge in [-0.1, -0.05) is 26.7 Å². The molecule has 0 aliphatic heterocycles. The molecule has 0 aromatic carbocycles. The van der Waals surface area contributed by atoms with Gasteiger partial charge in [0.05, 0.1) is 0 Å². The lowest BCUT2D eigenvalue weighted by molar-refractivity contribution is 0.250. The third-order valence-electron chi connectivity index (χ3n) is 3.81. The SMILES string of the molecule is CC(C)CCCNCC1CCCCC1CCl. The Hall–Kier alpha value is 0.250. The summed E-state index contributed by atoms with van der Waals surface area (Å²) in [6.07, 6.45) is 8.19. The van der Waals surface area contributed by atoms with Gasteiger partial charge in [0.25, 0.3) is 0 Å². The quantitative estimate of drug-likeness (QED) is 0.527. The van der Waals surface area contributed by atoms with Crippen molar-refractivity contribution in [1.82, 2.24) is 5.32 Å². The second-order valence-corrected chi connectivity index (χ2v) is 6.01.